The Morgan fingerprint density at radius 3 is 2.37 bits per heavy atom. The molecule has 1 fully saturated rings. The van der Waals surface area contributed by atoms with E-state index in [1.165, 1.54) is 19.3 Å². The Kier molecular flexibility index (Phi) is 4.83. The fraction of sp³-hybridized carbons (Fsp3) is 0.625. The van der Waals surface area contributed by atoms with Crippen molar-refractivity contribution in [2.24, 2.45) is 11.1 Å². The van der Waals surface area contributed by atoms with E-state index < -0.39 is 6.10 Å². The number of aliphatic hydroxyl groups excluding tert-OH is 1. The summed E-state index contributed by atoms with van der Waals surface area (Å²) < 4.78 is 5.43. The summed E-state index contributed by atoms with van der Waals surface area (Å²) in [6.07, 6.45) is 5.19. The highest BCUT2D eigenvalue weighted by Crippen LogP contribution is 2.45. The summed E-state index contributed by atoms with van der Waals surface area (Å²) in [5, 5.41) is 10.7. The van der Waals surface area contributed by atoms with E-state index in [2.05, 4.69) is 0 Å². The minimum Gasteiger partial charge on any atom is -0.494 e. The van der Waals surface area contributed by atoms with Crippen LogP contribution in [-0.2, 0) is 0 Å². The Morgan fingerprint density at radius 2 is 1.84 bits per heavy atom. The molecule has 0 aliphatic heterocycles. The van der Waals surface area contributed by atoms with Crippen LogP contribution < -0.4 is 10.5 Å². The normalized spacial score (nSPS) is 19.9. The van der Waals surface area contributed by atoms with Crippen molar-refractivity contribution in [2.75, 3.05) is 13.2 Å². The molecule has 1 aliphatic rings. The molecule has 1 saturated carbocycles. The van der Waals surface area contributed by atoms with Gasteiger partial charge >= 0.3 is 0 Å². The van der Waals surface area contributed by atoms with Crippen molar-refractivity contribution >= 4 is 0 Å². The maximum Gasteiger partial charge on any atom is 0.119 e. The number of hydrogen-bond acceptors (Lipinski definition) is 3. The third-order valence-corrected chi connectivity index (χ3v) is 4.34. The lowest BCUT2D eigenvalue weighted by Crippen LogP contribution is -2.38. The second kappa shape index (κ2) is 6.40. The van der Waals surface area contributed by atoms with E-state index in [0.29, 0.717) is 13.2 Å². The van der Waals surface area contributed by atoms with Gasteiger partial charge in [0.2, 0.25) is 0 Å². The zero-order valence-electron chi connectivity index (χ0n) is 11.8. The standard InChI is InChI=1S/C16H25NO2/c1-2-19-14-8-6-13(7-9-14)15(18)16(12-17)10-4-3-5-11-16/h6-9,15,18H,2-5,10-12,17H2,1H3. The van der Waals surface area contributed by atoms with Gasteiger partial charge in [0.25, 0.3) is 0 Å². The van der Waals surface area contributed by atoms with Gasteiger partial charge in [0.1, 0.15) is 5.75 Å². The fourth-order valence-electron chi connectivity index (χ4n) is 3.11. The molecule has 0 amide bonds. The first-order chi connectivity index (χ1) is 9.22. The van der Waals surface area contributed by atoms with Crippen molar-refractivity contribution in [3.8, 4) is 5.75 Å². The number of nitrogens with two attached hydrogens (primary N) is 1. The van der Waals surface area contributed by atoms with Crippen LogP contribution in [0.1, 0.15) is 50.7 Å². The highest BCUT2D eigenvalue weighted by Gasteiger charge is 2.38. The topological polar surface area (TPSA) is 55.5 Å². The summed E-state index contributed by atoms with van der Waals surface area (Å²) in [6, 6.07) is 7.77. The fourth-order valence-corrected chi connectivity index (χ4v) is 3.11. The van der Waals surface area contributed by atoms with Crippen molar-refractivity contribution < 1.29 is 9.84 Å². The van der Waals surface area contributed by atoms with Crippen LogP contribution in [0.3, 0.4) is 0 Å². The minimum absolute atomic E-state index is 0.134. The molecule has 0 bridgehead atoms. The van der Waals surface area contributed by atoms with Crippen LogP contribution in [0.5, 0.6) is 5.75 Å². The molecule has 3 N–H and O–H groups in total. The molecular formula is C16H25NO2. The third kappa shape index (κ3) is 3.10. The van der Waals surface area contributed by atoms with Crippen LogP contribution in [0.2, 0.25) is 0 Å². The van der Waals surface area contributed by atoms with E-state index in [1.54, 1.807) is 0 Å². The molecule has 106 valence electrons. The first kappa shape index (κ1) is 14.4. The number of aliphatic hydroxyl groups is 1. The van der Waals surface area contributed by atoms with E-state index in [9.17, 15) is 5.11 Å². The number of benzene rings is 1. The van der Waals surface area contributed by atoms with Crippen molar-refractivity contribution in [3.63, 3.8) is 0 Å². The summed E-state index contributed by atoms with van der Waals surface area (Å²) in [7, 11) is 0. The zero-order valence-corrected chi connectivity index (χ0v) is 11.8. The van der Waals surface area contributed by atoms with Crippen LogP contribution >= 0.6 is 0 Å². The average Bonchev–Trinajstić information content (AvgIpc) is 2.48. The Hall–Kier alpha value is -1.06. The van der Waals surface area contributed by atoms with E-state index in [-0.39, 0.29) is 5.41 Å². The van der Waals surface area contributed by atoms with E-state index in [0.717, 1.165) is 24.2 Å². The molecule has 3 heteroatoms. The lowest BCUT2D eigenvalue weighted by atomic mass is 9.68. The quantitative estimate of drug-likeness (QED) is 0.858. The molecule has 1 aromatic carbocycles. The lowest BCUT2D eigenvalue weighted by molar-refractivity contribution is 0.000671. The number of hydrogen-bond donors (Lipinski definition) is 2. The van der Waals surface area contributed by atoms with Gasteiger partial charge in [-0.25, -0.2) is 0 Å². The molecule has 3 nitrogen and oxygen atoms in total. The Balaban J connectivity index is 2.14. The van der Waals surface area contributed by atoms with E-state index >= 15 is 0 Å². The largest absolute Gasteiger partial charge is 0.494 e. The van der Waals surface area contributed by atoms with Gasteiger partial charge in [-0.1, -0.05) is 31.4 Å². The molecule has 2 rings (SSSR count). The van der Waals surface area contributed by atoms with Crippen LogP contribution in [0.4, 0.5) is 0 Å². The summed E-state index contributed by atoms with van der Waals surface area (Å²) in [5.41, 5.74) is 6.79. The monoisotopic (exact) mass is 263 g/mol. The Labute approximate surface area is 115 Å². The van der Waals surface area contributed by atoms with Gasteiger partial charge in [-0.3, -0.25) is 0 Å². The minimum atomic E-state index is -0.464. The maximum absolute atomic E-state index is 10.7. The van der Waals surface area contributed by atoms with Crippen molar-refractivity contribution in [3.05, 3.63) is 29.8 Å². The molecular weight excluding hydrogens is 238 g/mol. The maximum atomic E-state index is 10.7. The van der Waals surface area contributed by atoms with Gasteiger partial charge in [-0.05, 0) is 37.5 Å². The molecule has 1 atom stereocenters. The van der Waals surface area contributed by atoms with E-state index in [1.807, 2.05) is 31.2 Å². The summed E-state index contributed by atoms with van der Waals surface area (Å²) in [4.78, 5) is 0. The third-order valence-electron chi connectivity index (χ3n) is 4.34. The van der Waals surface area contributed by atoms with Crippen molar-refractivity contribution in [1.82, 2.24) is 0 Å². The Morgan fingerprint density at radius 1 is 1.21 bits per heavy atom. The molecule has 0 radical (unpaired) electrons. The van der Waals surface area contributed by atoms with Crippen LogP contribution in [0, 0.1) is 5.41 Å². The molecule has 1 unspecified atom stereocenters. The van der Waals surface area contributed by atoms with Crippen molar-refractivity contribution in [1.29, 1.82) is 0 Å². The second-order valence-electron chi connectivity index (χ2n) is 5.53. The van der Waals surface area contributed by atoms with Crippen LogP contribution in [-0.4, -0.2) is 18.3 Å². The number of ether oxygens (including phenoxy) is 1. The molecule has 1 aliphatic carbocycles. The summed E-state index contributed by atoms with van der Waals surface area (Å²) in [5.74, 6) is 0.851. The molecule has 1 aromatic rings. The van der Waals surface area contributed by atoms with Crippen LogP contribution in [0.25, 0.3) is 0 Å². The SMILES string of the molecule is CCOc1ccc(C(O)C2(CN)CCCCC2)cc1. The van der Waals surface area contributed by atoms with Crippen molar-refractivity contribution in [2.45, 2.75) is 45.1 Å². The highest BCUT2D eigenvalue weighted by molar-refractivity contribution is 5.29. The van der Waals surface area contributed by atoms with Gasteiger partial charge in [0.05, 0.1) is 12.7 Å². The van der Waals surface area contributed by atoms with Gasteiger partial charge in [0.15, 0.2) is 0 Å². The molecule has 0 spiro atoms. The first-order valence-electron chi connectivity index (χ1n) is 7.33. The van der Waals surface area contributed by atoms with E-state index in [4.69, 9.17) is 10.5 Å². The smallest absolute Gasteiger partial charge is 0.119 e. The summed E-state index contributed by atoms with van der Waals surface area (Å²) in [6.45, 7) is 3.18. The highest BCUT2D eigenvalue weighted by atomic mass is 16.5. The molecule has 19 heavy (non-hydrogen) atoms. The van der Waals surface area contributed by atoms with Gasteiger partial charge in [-0.15, -0.1) is 0 Å². The van der Waals surface area contributed by atoms with Gasteiger partial charge < -0.3 is 15.6 Å². The average molecular weight is 263 g/mol. The van der Waals surface area contributed by atoms with Crippen LogP contribution in [0.15, 0.2) is 24.3 Å². The molecule has 0 saturated heterocycles. The Bertz CT molecular complexity index is 382. The van der Waals surface area contributed by atoms with Gasteiger partial charge in [0, 0.05) is 12.0 Å². The molecule has 0 heterocycles. The predicted octanol–water partition coefficient (Wildman–Crippen LogP) is 3.03. The number of rotatable bonds is 5. The zero-order chi connectivity index (χ0) is 13.7. The summed E-state index contributed by atoms with van der Waals surface area (Å²) >= 11 is 0. The second-order valence-corrected chi connectivity index (χ2v) is 5.53. The van der Waals surface area contributed by atoms with Gasteiger partial charge in [-0.2, -0.15) is 0 Å². The predicted molar refractivity (Wildman–Crippen MR) is 77.1 cm³/mol. The first-order valence-corrected chi connectivity index (χ1v) is 7.33. The lowest BCUT2D eigenvalue weighted by Gasteiger charge is -2.40. The molecule has 0 aromatic heterocycles.